The second-order valence-corrected chi connectivity index (χ2v) is 8.65. The van der Waals surface area contributed by atoms with E-state index in [-0.39, 0.29) is 5.56 Å². The Morgan fingerprint density at radius 3 is 2.70 bits per heavy atom. The fraction of sp³-hybridized carbons (Fsp3) is 0.364. The van der Waals surface area contributed by atoms with Gasteiger partial charge in [-0.15, -0.1) is 0 Å². The van der Waals surface area contributed by atoms with Crippen LogP contribution in [0.25, 0.3) is 16.6 Å². The first-order valence-electron chi connectivity index (χ1n) is 9.55. The van der Waals surface area contributed by atoms with Crippen molar-refractivity contribution in [2.75, 3.05) is 5.75 Å². The normalized spacial score (nSPS) is 15.3. The number of hydrogen-bond donors (Lipinski definition) is 0. The predicted octanol–water partition coefficient (Wildman–Crippen LogP) is 6.02. The van der Waals surface area contributed by atoms with Gasteiger partial charge in [0.05, 0.1) is 16.6 Å². The summed E-state index contributed by atoms with van der Waals surface area (Å²) in [5.74, 6) is 1.71. The third kappa shape index (κ3) is 3.78. The molecule has 5 heteroatoms. The van der Waals surface area contributed by atoms with Crippen LogP contribution in [0.3, 0.4) is 0 Å². The zero-order valence-corrected chi connectivity index (χ0v) is 17.0. The number of rotatable bonds is 4. The van der Waals surface area contributed by atoms with Gasteiger partial charge in [-0.3, -0.25) is 9.36 Å². The molecule has 0 radical (unpaired) electrons. The minimum atomic E-state index is -0.0305. The Balaban J connectivity index is 1.82. The summed E-state index contributed by atoms with van der Waals surface area (Å²) in [6.07, 6.45) is 6.54. The lowest BCUT2D eigenvalue weighted by Crippen LogP contribution is -2.23. The number of fused-ring (bicyclic) bond motifs is 1. The third-order valence-electron chi connectivity index (χ3n) is 5.40. The molecule has 3 aromatic rings. The Bertz CT molecular complexity index is 1020. The smallest absolute Gasteiger partial charge is 0.266 e. The summed E-state index contributed by atoms with van der Waals surface area (Å²) in [4.78, 5) is 18.2. The molecule has 3 nitrogen and oxygen atoms in total. The van der Waals surface area contributed by atoms with Crippen LogP contribution in [0.5, 0.6) is 0 Å². The molecule has 1 aliphatic rings. The zero-order chi connectivity index (χ0) is 18.8. The molecular formula is C22H23ClN2OS. The predicted molar refractivity (Wildman–Crippen MR) is 114 cm³/mol. The largest absolute Gasteiger partial charge is 0.268 e. The van der Waals surface area contributed by atoms with E-state index in [4.69, 9.17) is 16.6 Å². The maximum atomic E-state index is 13.3. The summed E-state index contributed by atoms with van der Waals surface area (Å²) < 4.78 is 1.75. The van der Waals surface area contributed by atoms with E-state index in [1.165, 1.54) is 32.1 Å². The molecule has 1 saturated carbocycles. The molecule has 1 aromatic heterocycles. The molecule has 0 atom stereocenters. The van der Waals surface area contributed by atoms with E-state index in [2.05, 4.69) is 0 Å². The molecular weight excluding hydrogens is 376 g/mol. The summed E-state index contributed by atoms with van der Waals surface area (Å²) in [5, 5.41) is 2.06. The molecule has 1 heterocycles. The zero-order valence-electron chi connectivity index (χ0n) is 15.5. The SMILES string of the molecule is Cc1c(Cl)cccc1-n1c(SCC2CCCCC2)nc2ccccc2c1=O. The van der Waals surface area contributed by atoms with Gasteiger partial charge in [-0.1, -0.05) is 60.8 Å². The van der Waals surface area contributed by atoms with Crippen molar-refractivity contribution in [2.24, 2.45) is 5.92 Å². The molecule has 0 aliphatic heterocycles. The first kappa shape index (κ1) is 18.6. The van der Waals surface area contributed by atoms with Gasteiger partial charge in [0.2, 0.25) is 0 Å². The van der Waals surface area contributed by atoms with Crippen LogP contribution in [-0.4, -0.2) is 15.3 Å². The molecule has 2 aromatic carbocycles. The average molecular weight is 399 g/mol. The minimum absolute atomic E-state index is 0.0305. The maximum Gasteiger partial charge on any atom is 0.266 e. The number of nitrogens with zero attached hydrogens (tertiary/aromatic N) is 2. The highest BCUT2D eigenvalue weighted by molar-refractivity contribution is 7.99. The van der Waals surface area contributed by atoms with E-state index in [0.717, 1.165) is 27.7 Å². The average Bonchev–Trinajstić information content (AvgIpc) is 2.70. The molecule has 4 rings (SSSR count). The molecule has 0 saturated heterocycles. The fourth-order valence-electron chi connectivity index (χ4n) is 3.81. The Kier molecular flexibility index (Phi) is 5.55. The Hall–Kier alpha value is -1.78. The van der Waals surface area contributed by atoms with Gasteiger partial charge < -0.3 is 0 Å². The van der Waals surface area contributed by atoms with Crippen LogP contribution < -0.4 is 5.56 Å². The summed E-state index contributed by atoms with van der Waals surface area (Å²) in [7, 11) is 0. The van der Waals surface area contributed by atoms with E-state index >= 15 is 0 Å². The molecule has 27 heavy (non-hydrogen) atoms. The van der Waals surface area contributed by atoms with Crippen LogP contribution in [0.1, 0.15) is 37.7 Å². The van der Waals surface area contributed by atoms with Crippen LogP contribution in [0, 0.1) is 12.8 Å². The van der Waals surface area contributed by atoms with Crippen molar-refractivity contribution in [3.8, 4) is 5.69 Å². The van der Waals surface area contributed by atoms with E-state index in [0.29, 0.717) is 16.3 Å². The summed E-state index contributed by atoms with van der Waals surface area (Å²) in [6.45, 7) is 1.95. The van der Waals surface area contributed by atoms with Crippen LogP contribution in [-0.2, 0) is 0 Å². The fourth-order valence-corrected chi connectivity index (χ4v) is 5.17. The van der Waals surface area contributed by atoms with Crippen molar-refractivity contribution in [3.63, 3.8) is 0 Å². The molecule has 0 amide bonds. The number of aromatic nitrogens is 2. The lowest BCUT2D eigenvalue weighted by molar-refractivity contribution is 0.390. The molecule has 0 spiro atoms. The van der Waals surface area contributed by atoms with Gasteiger partial charge in [0.15, 0.2) is 5.16 Å². The van der Waals surface area contributed by atoms with Gasteiger partial charge in [0.25, 0.3) is 5.56 Å². The summed E-state index contributed by atoms with van der Waals surface area (Å²) >= 11 is 8.04. The van der Waals surface area contributed by atoms with Crippen molar-refractivity contribution in [1.82, 2.24) is 9.55 Å². The van der Waals surface area contributed by atoms with Gasteiger partial charge in [-0.25, -0.2) is 4.98 Å². The monoisotopic (exact) mass is 398 g/mol. The highest BCUT2D eigenvalue weighted by Gasteiger charge is 2.19. The highest BCUT2D eigenvalue weighted by Crippen LogP contribution is 2.31. The Labute approximate surface area is 168 Å². The molecule has 140 valence electrons. The van der Waals surface area contributed by atoms with E-state index in [1.54, 1.807) is 16.3 Å². The van der Waals surface area contributed by atoms with Gasteiger partial charge in [0, 0.05) is 10.8 Å². The van der Waals surface area contributed by atoms with Crippen molar-refractivity contribution < 1.29 is 0 Å². The quantitative estimate of drug-likeness (QED) is 0.398. The van der Waals surface area contributed by atoms with Gasteiger partial charge in [-0.2, -0.15) is 0 Å². The van der Waals surface area contributed by atoms with Crippen molar-refractivity contribution in [1.29, 1.82) is 0 Å². The van der Waals surface area contributed by atoms with E-state index in [1.807, 2.05) is 49.4 Å². The summed E-state index contributed by atoms with van der Waals surface area (Å²) in [5.41, 5.74) is 2.44. The lowest BCUT2D eigenvalue weighted by Gasteiger charge is -2.22. The number of hydrogen-bond acceptors (Lipinski definition) is 3. The van der Waals surface area contributed by atoms with Crippen molar-refractivity contribution in [2.45, 2.75) is 44.2 Å². The van der Waals surface area contributed by atoms with Gasteiger partial charge >= 0.3 is 0 Å². The van der Waals surface area contributed by atoms with Crippen LogP contribution in [0.4, 0.5) is 0 Å². The van der Waals surface area contributed by atoms with Gasteiger partial charge in [0.1, 0.15) is 0 Å². The molecule has 1 fully saturated rings. The van der Waals surface area contributed by atoms with Crippen LogP contribution in [0.15, 0.2) is 52.4 Å². The summed E-state index contributed by atoms with van der Waals surface area (Å²) in [6, 6.07) is 13.3. The molecule has 0 bridgehead atoms. The highest BCUT2D eigenvalue weighted by atomic mass is 35.5. The lowest BCUT2D eigenvalue weighted by atomic mass is 9.91. The van der Waals surface area contributed by atoms with E-state index < -0.39 is 0 Å². The molecule has 1 aliphatic carbocycles. The van der Waals surface area contributed by atoms with Crippen molar-refractivity contribution >= 4 is 34.3 Å². The van der Waals surface area contributed by atoms with E-state index in [9.17, 15) is 4.79 Å². The Morgan fingerprint density at radius 1 is 1.11 bits per heavy atom. The number of benzene rings is 2. The first-order chi connectivity index (χ1) is 13.1. The second kappa shape index (κ2) is 8.07. The topological polar surface area (TPSA) is 34.9 Å². The number of thioether (sulfide) groups is 1. The van der Waals surface area contributed by atoms with Crippen LogP contribution >= 0.6 is 23.4 Å². The molecule has 0 unspecified atom stereocenters. The standard InChI is InChI=1S/C22H23ClN2OS/c1-15-18(23)11-7-13-20(15)25-21(26)17-10-5-6-12-19(17)24-22(25)27-14-16-8-3-2-4-9-16/h5-7,10-13,16H,2-4,8-9,14H2,1H3. The van der Waals surface area contributed by atoms with Crippen LogP contribution in [0.2, 0.25) is 5.02 Å². The molecule has 0 N–H and O–H groups in total. The second-order valence-electron chi connectivity index (χ2n) is 7.25. The Morgan fingerprint density at radius 2 is 1.89 bits per heavy atom. The maximum absolute atomic E-state index is 13.3. The van der Waals surface area contributed by atoms with Gasteiger partial charge in [-0.05, 0) is 55.5 Å². The first-order valence-corrected chi connectivity index (χ1v) is 10.9. The third-order valence-corrected chi connectivity index (χ3v) is 6.98. The number of halogens is 1. The van der Waals surface area contributed by atoms with Crippen molar-refractivity contribution in [3.05, 3.63) is 63.4 Å². The number of para-hydroxylation sites is 1. The minimum Gasteiger partial charge on any atom is -0.268 e.